The topological polar surface area (TPSA) is 58.5 Å². The van der Waals surface area contributed by atoms with Gasteiger partial charge in [0.1, 0.15) is 0 Å². The van der Waals surface area contributed by atoms with E-state index in [-0.39, 0.29) is 5.69 Å². The molecule has 1 aromatic rings. The van der Waals surface area contributed by atoms with Crippen LogP contribution >= 0.6 is 0 Å². The second kappa shape index (κ2) is 5.64. The highest BCUT2D eigenvalue weighted by Crippen LogP contribution is 2.22. The number of nitrogens with zero attached hydrogens (tertiary/aromatic N) is 1. The minimum absolute atomic E-state index is 0.269. The fourth-order valence-electron chi connectivity index (χ4n) is 1.84. The lowest BCUT2D eigenvalue weighted by Crippen LogP contribution is -2.19. The average Bonchev–Trinajstić information content (AvgIpc) is 2.78. The highest BCUT2D eigenvalue weighted by Gasteiger charge is 2.17. The molecule has 19 heavy (non-hydrogen) atoms. The van der Waals surface area contributed by atoms with E-state index in [2.05, 4.69) is 9.68 Å². The fraction of sp³-hybridized carbons (Fsp3) is 0.417. The molecule has 1 aliphatic rings. The maximum atomic E-state index is 12.2. The molecule has 2 rings (SSSR count). The van der Waals surface area contributed by atoms with E-state index in [0.29, 0.717) is 17.2 Å². The lowest BCUT2D eigenvalue weighted by molar-refractivity contribution is -0.126. The van der Waals surface area contributed by atoms with E-state index in [1.54, 1.807) is 12.1 Å². The lowest BCUT2D eigenvalue weighted by Gasteiger charge is -2.05. The Morgan fingerprint density at radius 3 is 2.32 bits per heavy atom. The molecule has 104 valence electrons. The van der Waals surface area contributed by atoms with Crippen LogP contribution in [0.1, 0.15) is 12.8 Å². The Morgan fingerprint density at radius 2 is 1.79 bits per heavy atom. The molecular formula is C12H14F2N2O2S. The molecule has 0 aromatic heterocycles. The number of alkyl halides is 2. The number of hydrogen-bond donors (Lipinski definition) is 1. The summed E-state index contributed by atoms with van der Waals surface area (Å²) in [4.78, 5) is 10.8. The predicted octanol–water partition coefficient (Wildman–Crippen LogP) is 2.78. The van der Waals surface area contributed by atoms with E-state index in [0.717, 1.165) is 12.8 Å². The summed E-state index contributed by atoms with van der Waals surface area (Å²) in [6.07, 6.45) is -1.20. The number of hydrogen-bond acceptors (Lipinski definition) is 3. The van der Waals surface area contributed by atoms with E-state index < -0.39 is 22.1 Å². The highest BCUT2D eigenvalue weighted by molar-refractivity contribution is 7.93. The van der Waals surface area contributed by atoms with Gasteiger partial charge >= 0.3 is 6.43 Å². The molecule has 1 aliphatic heterocycles. The molecule has 0 atom stereocenters. The van der Waals surface area contributed by atoms with Gasteiger partial charge in [-0.3, -0.25) is 4.79 Å². The SMILES string of the molecule is O=C(Nc1ccc(N=S2(=O)CCCC2)cc1)C(F)F. The summed E-state index contributed by atoms with van der Waals surface area (Å²) in [5.41, 5.74) is 0.813. The number of anilines is 1. The Hall–Kier alpha value is -1.50. The normalized spacial score (nSPS) is 17.4. The zero-order valence-electron chi connectivity index (χ0n) is 10.1. The van der Waals surface area contributed by atoms with Crippen molar-refractivity contribution in [3.8, 4) is 0 Å². The van der Waals surface area contributed by atoms with Gasteiger partial charge in [0, 0.05) is 17.2 Å². The Balaban J connectivity index is 2.11. The van der Waals surface area contributed by atoms with Crippen molar-refractivity contribution in [2.45, 2.75) is 19.3 Å². The number of carbonyl (C=O) groups is 1. The Bertz CT molecular complexity index is 566. The molecule has 0 radical (unpaired) electrons. The first-order valence-corrected chi connectivity index (χ1v) is 7.75. The minimum Gasteiger partial charge on any atom is -0.321 e. The van der Waals surface area contributed by atoms with E-state index in [1.807, 2.05) is 0 Å². The van der Waals surface area contributed by atoms with Crippen LogP contribution in [0.5, 0.6) is 0 Å². The van der Waals surface area contributed by atoms with Crippen LogP contribution in [0.3, 0.4) is 0 Å². The van der Waals surface area contributed by atoms with Gasteiger partial charge < -0.3 is 5.32 Å². The highest BCUT2D eigenvalue weighted by atomic mass is 32.2. The van der Waals surface area contributed by atoms with Crippen LogP contribution < -0.4 is 5.32 Å². The molecule has 0 unspecified atom stereocenters. The van der Waals surface area contributed by atoms with Crippen LogP contribution in [0.15, 0.2) is 28.6 Å². The van der Waals surface area contributed by atoms with Gasteiger partial charge in [0.25, 0.3) is 5.91 Å². The minimum atomic E-state index is -3.04. The Morgan fingerprint density at radius 1 is 1.21 bits per heavy atom. The fourth-order valence-corrected chi connectivity index (χ4v) is 4.05. The van der Waals surface area contributed by atoms with Crippen molar-refractivity contribution >= 4 is 27.0 Å². The molecule has 1 amide bonds. The monoisotopic (exact) mass is 288 g/mol. The van der Waals surface area contributed by atoms with Gasteiger partial charge in [-0.05, 0) is 37.1 Å². The van der Waals surface area contributed by atoms with Gasteiger partial charge in [-0.25, -0.2) is 4.21 Å². The quantitative estimate of drug-likeness (QED) is 0.929. The second-order valence-electron chi connectivity index (χ2n) is 4.32. The molecule has 0 aliphatic carbocycles. The van der Waals surface area contributed by atoms with Crippen molar-refractivity contribution in [2.75, 3.05) is 16.8 Å². The maximum Gasteiger partial charge on any atom is 0.315 e. The summed E-state index contributed by atoms with van der Waals surface area (Å²) in [5, 5.41) is 2.07. The summed E-state index contributed by atoms with van der Waals surface area (Å²) in [7, 11) is -2.14. The van der Waals surface area contributed by atoms with Gasteiger partial charge in [-0.2, -0.15) is 13.1 Å². The van der Waals surface area contributed by atoms with Gasteiger partial charge in [-0.1, -0.05) is 0 Å². The van der Waals surface area contributed by atoms with Crippen molar-refractivity contribution in [1.82, 2.24) is 0 Å². The number of halogens is 2. The van der Waals surface area contributed by atoms with Crippen LogP contribution in [-0.2, 0) is 14.5 Å². The first-order chi connectivity index (χ1) is 8.98. The maximum absolute atomic E-state index is 12.2. The zero-order valence-corrected chi connectivity index (χ0v) is 11.0. The number of amides is 1. The van der Waals surface area contributed by atoms with Crippen molar-refractivity contribution in [3.63, 3.8) is 0 Å². The summed E-state index contributed by atoms with van der Waals surface area (Å²) in [5.74, 6) is -0.125. The van der Waals surface area contributed by atoms with Crippen LogP contribution in [0.4, 0.5) is 20.2 Å². The van der Waals surface area contributed by atoms with Crippen LogP contribution in [-0.4, -0.2) is 28.0 Å². The van der Waals surface area contributed by atoms with Gasteiger partial charge in [-0.15, -0.1) is 0 Å². The van der Waals surface area contributed by atoms with E-state index in [1.165, 1.54) is 12.1 Å². The summed E-state index contributed by atoms with van der Waals surface area (Å²) >= 11 is 0. The smallest absolute Gasteiger partial charge is 0.315 e. The average molecular weight is 288 g/mol. The third-order valence-corrected chi connectivity index (χ3v) is 5.18. The number of benzene rings is 1. The summed E-state index contributed by atoms with van der Waals surface area (Å²) < 4.78 is 40.5. The molecule has 1 aromatic carbocycles. The molecule has 1 saturated heterocycles. The number of nitrogens with one attached hydrogen (secondary N) is 1. The van der Waals surface area contributed by atoms with E-state index in [9.17, 15) is 17.8 Å². The molecule has 1 N–H and O–H groups in total. The summed E-state index contributed by atoms with van der Waals surface area (Å²) in [6, 6.07) is 6.06. The molecule has 0 spiro atoms. The van der Waals surface area contributed by atoms with Crippen molar-refractivity contribution in [2.24, 2.45) is 4.36 Å². The molecule has 4 nitrogen and oxygen atoms in total. The van der Waals surface area contributed by atoms with Crippen molar-refractivity contribution in [3.05, 3.63) is 24.3 Å². The van der Waals surface area contributed by atoms with Gasteiger partial charge in [0.15, 0.2) is 0 Å². The molecule has 0 bridgehead atoms. The predicted molar refractivity (Wildman–Crippen MR) is 70.3 cm³/mol. The van der Waals surface area contributed by atoms with Crippen molar-refractivity contribution in [1.29, 1.82) is 0 Å². The standard InChI is InChI=1S/C12H14F2N2O2S/c13-11(14)12(17)15-9-3-5-10(6-4-9)16-19(18)7-1-2-8-19/h3-6,11H,1-2,7-8H2,(H,15,17). The van der Waals surface area contributed by atoms with E-state index >= 15 is 0 Å². The zero-order chi connectivity index (χ0) is 13.9. The molecule has 7 heteroatoms. The van der Waals surface area contributed by atoms with Crippen LogP contribution in [0.2, 0.25) is 0 Å². The molecule has 0 saturated carbocycles. The van der Waals surface area contributed by atoms with Gasteiger partial charge in [0.05, 0.1) is 15.4 Å². The first-order valence-electron chi connectivity index (χ1n) is 5.90. The molecular weight excluding hydrogens is 274 g/mol. The Kier molecular flexibility index (Phi) is 4.14. The third-order valence-electron chi connectivity index (χ3n) is 2.78. The summed E-state index contributed by atoms with van der Waals surface area (Å²) in [6.45, 7) is 0. The number of rotatable bonds is 3. The third kappa shape index (κ3) is 3.73. The van der Waals surface area contributed by atoms with E-state index in [4.69, 9.17) is 0 Å². The second-order valence-corrected chi connectivity index (χ2v) is 6.86. The number of carbonyl (C=O) groups excluding carboxylic acids is 1. The largest absolute Gasteiger partial charge is 0.321 e. The Labute approximate surface area is 110 Å². The van der Waals surface area contributed by atoms with Crippen LogP contribution in [0, 0.1) is 0 Å². The molecule has 1 heterocycles. The van der Waals surface area contributed by atoms with Gasteiger partial charge in [0.2, 0.25) is 0 Å². The lowest BCUT2D eigenvalue weighted by atomic mass is 10.3. The van der Waals surface area contributed by atoms with Crippen LogP contribution in [0.25, 0.3) is 0 Å². The first kappa shape index (κ1) is 13.9. The molecule has 1 fully saturated rings. The van der Waals surface area contributed by atoms with Crippen molar-refractivity contribution < 1.29 is 17.8 Å².